The molecule has 1 amide bonds. The second kappa shape index (κ2) is 4.48. The third-order valence-corrected chi connectivity index (χ3v) is 4.24. The Balaban J connectivity index is 1.80. The van der Waals surface area contributed by atoms with Crippen molar-refractivity contribution in [1.82, 2.24) is 0 Å². The molecule has 104 valence electrons. The van der Waals surface area contributed by atoms with E-state index in [2.05, 4.69) is 35.3 Å². The Morgan fingerprint density at radius 2 is 1.90 bits per heavy atom. The van der Waals surface area contributed by atoms with Gasteiger partial charge in [-0.1, -0.05) is 36.4 Å². The van der Waals surface area contributed by atoms with Crippen molar-refractivity contribution in [3.05, 3.63) is 65.9 Å². The van der Waals surface area contributed by atoms with Gasteiger partial charge in [-0.15, -0.1) is 0 Å². The Labute approximate surface area is 123 Å². The first-order valence-electron chi connectivity index (χ1n) is 7.23. The summed E-state index contributed by atoms with van der Waals surface area (Å²) in [7, 11) is 0. The number of para-hydroxylation sites is 2. The molecular formula is C18H16N2O. The predicted molar refractivity (Wildman–Crippen MR) is 85.1 cm³/mol. The van der Waals surface area contributed by atoms with Crippen molar-refractivity contribution in [2.75, 3.05) is 10.2 Å². The largest absolute Gasteiger partial charge is 0.344 e. The molecule has 1 unspecified atom stereocenters. The third-order valence-electron chi connectivity index (χ3n) is 4.24. The average molecular weight is 276 g/mol. The van der Waals surface area contributed by atoms with Crippen LogP contribution >= 0.6 is 0 Å². The molecule has 0 fully saturated rings. The number of anilines is 2. The van der Waals surface area contributed by atoms with E-state index in [1.54, 1.807) is 0 Å². The van der Waals surface area contributed by atoms with Crippen molar-refractivity contribution in [1.29, 1.82) is 0 Å². The minimum absolute atomic E-state index is 0.0206. The monoisotopic (exact) mass is 276 g/mol. The minimum atomic E-state index is -0.0206. The molecule has 21 heavy (non-hydrogen) atoms. The normalized spacial score (nSPS) is 21.4. The molecule has 0 saturated carbocycles. The molecule has 2 heterocycles. The molecular weight excluding hydrogens is 260 g/mol. The van der Waals surface area contributed by atoms with E-state index in [1.165, 1.54) is 11.3 Å². The van der Waals surface area contributed by atoms with Crippen molar-refractivity contribution in [2.45, 2.75) is 19.4 Å². The summed E-state index contributed by atoms with van der Waals surface area (Å²) in [5.74, 6) is -0.0206. The van der Waals surface area contributed by atoms with Gasteiger partial charge >= 0.3 is 0 Å². The minimum Gasteiger partial charge on any atom is -0.344 e. The highest BCUT2D eigenvalue weighted by Crippen LogP contribution is 2.36. The Morgan fingerprint density at radius 3 is 2.81 bits per heavy atom. The highest BCUT2D eigenvalue weighted by molar-refractivity contribution is 6.31. The Bertz CT molecular complexity index is 763. The maximum Gasteiger partial charge on any atom is 0.257 e. The van der Waals surface area contributed by atoms with Gasteiger partial charge < -0.3 is 10.2 Å². The van der Waals surface area contributed by atoms with Gasteiger partial charge in [0.05, 0.1) is 5.57 Å². The molecule has 0 bridgehead atoms. The van der Waals surface area contributed by atoms with E-state index in [0.717, 1.165) is 23.2 Å². The number of nitrogens with zero attached hydrogens (tertiary/aromatic N) is 1. The summed E-state index contributed by atoms with van der Waals surface area (Å²) >= 11 is 0. The second-order valence-electron chi connectivity index (χ2n) is 5.63. The fourth-order valence-electron chi connectivity index (χ4n) is 3.19. The number of hydrogen-bond donors (Lipinski definition) is 1. The molecule has 0 saturated heterocycles. The van der Waals surface area contributed by atoms with E-state index in [1.807, 2.05) is 36.5 Å². The lowest BCUT2D eigenvalue weighted by atomic mass is 10.1. The second-order valence-corrected chi connectivity index (χ2v) is 5.63. The van der Waals surface area contributed by atoms with Crippen LogP contribution in [0.15, 0.2) is 54.7 Å². The van der Waals surface area contributed by atoms with Gasteiger partial charge in [-0.25, -0.2) is 0 Å². The van der Waals surface area contributed by atoms with Crippen molar-refractivity contribution >= 4 is 22.9 Å². The smallest absolute Gasteiger partial charge is 0.257 e. The van der Waals surface area contributed by atoms with E-state index < -0.39 is 0 Å². The Morgan fingerprint density at radius 1 is 1.14 bits per heavy atom. The SMILES string of the molecule is CC1Cc2ccccc2N1/C=C1/C(=O)Nc2ccccc21. The molecule has 0 aliphatic carbocycles. The lowest BCUT2D eigenvalue weighted by Gasteiger charge is -2.21. The fourth-order valence-corrected chi connectivity index (χ4v) is 3.19. The number of fused-ring (bicyclic) bond motifs is 2. The number of hydrogen-bond acceptors (Lipinski definition) is 2. The van der Waals surface area contributed by atoms with E-state index >= 15 is 0 Å². The standard InChI is InChI=1S/C18H16N2O/c1-12-10-13-6-2-5-9-17(13)20(12)11-15-14-7-3-4-8-16(14)19-18(15)21/h2-9,11-12H,10H2,1H3,(H,19,21)/b15-11+. The number of benzene rings is 2. The third kappa shape index (κ3) is 1.85. The molecule has 2 aromatic carbocycles. The zero-order valence-corrected chi connectivity index (χ0v) is 11.8. The van der Waals surface area contributed by atoms with E-state index in [-0.39, 0.29) is 5.91 Å². The number of amides is 1. The Hall–Kier alpha value is -2.55. The molecule has 3 heteroatoms. The lowest BCUT2D eigenvalue weighted by Crippen LogP contribution is -2.24. The molecule has 1 N–H and O–H groups in total. The van der Waals surface area contributed by atoms with E-state index in [0.29, 0.717) is 6.04 Å². The van der Waals surface area contributed by atoms with Gasteiger partial charge in [0.1, 0.15) is 0 Å². The summed E-state index contributed by atoms with van der Waals surface area (Å²) in [5.41, 5.74) is 5.17. The van der Waals surface area contributed by atoms with Crippen LogP contribution in [0.3, 0.4) is 0 Å². The van der Waals surface area contributed by atoms with Gasteiger partial charge in [-0.05, 0) is 31.0 Å². The maximum atomic E-state index is 12.2. The summed E-state index contributed by atoms with van der Waals surface area (Å²) in [4.78, 5) is 14.4. The van der Waals surface area contributed by atoms with Gasteiger partial charge in [0.15, 0.2) is 0 Å². The number of carbonyl (C=O) groups is 1. The highest BCUT2D eigenvalue weighted by Gasteiger charge is 2.29. The molecule has 0 spiro atoms. The van der Waals surface area contributed by atoms with Crippen molar-refractivity contribution in [2.24, 2.45) is 0 Å². The van der Waals surface area contributed by atoms with Crippen LogP contribution in [-0.4, -0.2) is 11.9 Å². The van der Waals surface area contributed by atoms with Crippen molar-refractivity contribution in [3.63, 3.8) is 0 Å². The van der Waals surface area contributed by atoms with Crippen LogP contribution in [0.4, 0.5) is 11.4 Å². The molecule has 2 aromatic rings. The summed E-state index contributed by atoms with van der Waals surface area (Å²) in [6.45, 7) is 2.19. The zero-order valence-electron chi connectivity index (χ0n) is 11.8. The average Bonchev–Trinajstić information content (AvgIpc) is 2.97. The first-order valence-corrected chi connectivity index (χ1v) is 7.23. The topological polar surface area (TPSA) is 32.3 Å². The van der Waals surface area contributed by atoms with Gasteiger partial charge in [-0.3, -0.25) is 4.79 Å². The lowest BCUT2D eigenvalue weighted by molar-refractivity contribution is -0.110. The number of nitrogens with one attached hydrogen (secondary N) is 1. The first kappa shape index (κ1) is 12.2. The highest BCUT2D eigenvalue weighted by atomic mass is 16.2. The first-order chi connectivity index (χ1) is 10.2. The van der Waals surface area contributed by atoms with Crippen LogP contribution in [0.2, 0.25) is 0 Å². The number of carbonyl (C=O) groups excluding carboxylic acids is 1. The summed E-state index contributed by atoms with van der Waals surface area (Å²) < 4.78 is 0. The molecule has 2 aliphatic heterocycles. The van der Waals surface area contributed by atoms with Gasteiger partial charge in [-0.2, -0.15) is 0 Å². The molecule has 0 aromatic heterocycles. The molecule has 4 rings (SSSR count). The van der Waals surface area contributed by atoms with Crippen molar-refractivity contribution in [3.8, 4) is 0 Å². The van der Waals surface area contributed by atoms with Crippen LogP contribution in [0.1, 0.15) is 18.1 Å². The van der Waals surface area contributed by atoms with Crippen LogP contribution in [0.5, 0.6) is 0 Å². The quantitative estimate of drug-likeness (QED) is 0.809. The maximum absolute atomic E-state index is 12.2. The van der Waals surface area contributed by atoms with E-state index in [9.17, 15) is 4.79 Å². The number of rotatable bonds is 1. The summed E-state index contributed by atoms with van der Waals surface area (Å²) in [6.07, 6.45) is 3.01. The van der Waals surface area contributed by atoms with Gasteiger partial charge in [0.2, 0.25) is 0 Å². The molecule has 1 atom stereocenters. The predicted octanol–water partition coefficient (Wildman–Crippen LogP) is 3.43. The molecule has 3 nitrogen and oxygen atoms in total. The van der Waals surface area contributed by atoms with E-state index in [4.69, 9.17) is 0 Å². The van der Waals surface area contributed by atoms with Crippen LogP contribution in [-0.2, 0) is 11.2 Å². The van der Waals surface area contributed by atoms with Crippen LogP contribution in [0.25, 0.3) is 5.57 Å². The zero-order chi connectivity index (χ0) is 14.4. The van der Waals surface area contributed by atoms with Crippen molar-refractivity contribution < 1.29 is 4.79 Å². The summed E-state index contributed by atoms with van der Waals surface area (Å²) in [6, 6.07) is 16.6. The van der Waals surface area contributed by atoms with Gasteiger partial charge in [0.25, 0.3) is 5.91 Å². The molecule has 2 aliphatic rings. The summed E-state index contributed by atoms with van der Waals surface area (Å²) in [5, 5.41) is 2.93. The Kier molecular flexibility index (Phi) is 2.61. The van der Waals surface area contributed by atoms with Crippen LogP contribution < -0.4 is 10.2 Å². The van der Waals surface area contributed by atoms with Gasteiger partial charge in [0, 0.05) is 29.2 Å². The fraction of sp³-hybridized carbons (Fsp3) is 0.167. The van der Waals surface area contributed by atoms with Crippen LogP contribution in [0, 0.1) is 0 Å². The molecule has 0 radical (unpaired) electrons.